The van der Waals surface area contributed by atoms with Gasteiger partial charge in [-0.2, -0.15) is 4.98 Å². The number of aromatic nitrogens is 2. The normalized spacial score (nSPS) is 10.6. The van der Waals surface area contributed by atoms with Crippen molar-refractivity contribution in [3.8, 4) is 23.0 Å². The third-order valence-corrected chi connectivity index (χ3v) is 2.12. The summed E-state index contributed by atoms with van der Waals surface area (Å²) in [7, 11) is 0. The summed E-state index contributed by atoms with van der Waals surface area (Å²) in [5.74, 6) is 0.462. The zero-order valence-corrected chi connectivity index (χ0v) is 9.25. The first-order chi connectivity index (χ1) is 8.20. The Morgan fingerprint density at radius 2 is 2.18 bits per heavy atom. The minimum Gasteiger partial charge on any atom is -0.508 e. The molecule has 2 N–H and O–H groups in total. The van der Waals surface area contributed by atoms with E-state index in [1.807, 2.05) is 6.92 Å². The van der Waals surface area contributed by atoms with Gasteiger partial charge in [0, 0.05) is 12.7 Å². The minimum atomic E-state index is -0.114. The number of benzene rings is 1. The van der Waals surface area contributed by atoms with Crippen molar-refractivity contribution in [1.29, 1.82) is 0 Å². The molecule has 1 aromatic heterocycles. The van der Waals surface area contributed by atoms with E-state index in [9.17, 15) is 5.11 Å². The molecule has 0 bridgehead atoms. The summed E-state index contributed by atoms with van der Waals surface area (Å²) in [6.45, 7) is 2.69. The second-order valence-electron chi connectivity index (χ2n) is 3.35. The fraction of sp³-hybridized carbons (Fsp3) is 0.273. The molecule has 6 heteroatoms. The third kappa shape index (κ3) is 2.54. The molecule has 2 rings (SSSR count). The number of rotatable bonds is 4. The van der Waals surface area contributed by atoms with Gasteiger partial charge in [0.25, 0.3) is 5.89 Å². The monoisotopic (exact) mass is 236 g/mol. The number of ether oxygens (including phenoxy) is 1. The summed E-state index contributed by atoms with van der Waals surface area (Å²) in [4.78, 5) is 4.06. The van der Waals surface area contributed by atoms with Crippen molar-refractivity contribution in [1.82, 2.24) is 10.1 Å². The molecule has 17 heavy (non-hydrogen) atoms. The minimum absolute atomic E-state index is 0.0275. The lowest BCUT2D eigenvalue weighted by Gasteiger charge is -1.99. The van der Waals surface area contributed by atoms with Gasteiger partial charge in [-0.05, 0) is 19.1 Å². The van der Waals surface area contributed by atoms with Crippen LogP contribution in [0.2, 0.25) is 0 Å². The Morgan fingerprint density at radius 1 is 1.35 bits per heavy atom. The molecule has 0 atom stereocenters. The molecule has 0 spiro atoms. The Labute approximate surface area is 97.5 Å². The molecule has 1 heterocycles. The summed E-state index contributed by atoms with van der Waals surface area (Å²) in [6, 6.07) is 4.14. The molecule has 2 aromatic rings. The second kappa shape index (κ2) is 4.84. The van der Waals surface area contributed by atoms with Gasteiger partial charge in [-0.1, -0.05) is 5.16 Å². The van der Waals surface area contributed by atoms with Gasteiger partial charge >= 0.3 is 0 Å². The molecule has 0 amide bonds. The van der Waals surface area contributed by atoms with Gasteiger partial charge in [-0.15, -0.1) is 0 Å². The summed E-state index contributed by atoms with van der Waals surface area (Å²) in [5, 5.41) is 22.5. The van der Waals surface area contributed by atoms with Crippen LogP contribution in [0.5, 0.6) is 11.5 Å². The maximum absolute atomic E-state index is 9.61. The third-order valence-electron chi connectivity index (χ3n) is 2.12. The molecule has 0 radical (unpaired) electrons. The quantitative estimate of drug-likeness (QED) is 0.839. The lowest BCUT2D eigenvalue weighted by Crippen LogP contribution is -1.93. The molecule has 0 aliphatic heterocycles. The van der Waals surface area contributed by atoms with E-state index in [0.717, 1.165) is 0 Å². The van der Waals surface area contributed by atoms with Gasteiger partial charge in [-0.25, -0.2) is 0 Å². The summed E-state index contributed by atoms with van der Waals surface area (Å²) in [5.41, 5.74) is 0.373. The average molecular weight is 236 g/mol. The molecule has 0 aliphatic carbocycles. The molecule has 0 aliphatic rings. The van der Waals surface area contributed by atoms with Crippen LogP contribution < -0.4 is 0 Å². The van der Waals surface area contributed by atoms with Gasteiger partial charge in [-0.3, -0.25) is 0 Å². The molecular formula is C11H12N2O4. The maximum atomic E-state index is 9.61. The van der Waals surface area contributed by atoms with Crippen LogP contribution in [0.4, 0.5) is 0 Å². The number of phenolic OH excluding ortho intramolecular Hbond substituents is 2. The highest BCUT2D eigenvalue weighted by molar-refractivity contribution is 5.63. The summed E-state index contributed by atoms with van der Waals surface area (Å²) >= 11 is 0. The van der Waals surface area contributed by atoms with Crippen molar-refractivity contribution in [2.75, 3.05) is 6.61 Å². The predicted molar refractivity (Wildman–Crippen MR) is 58.4 cm³/mol. The first-order valence-corrected chi connectivity index (χ1v) is 5.13. The van der Waals surface area contributed by atoms with Crippen LogP contribution >= 0.6 is 0 Å². The van der Waals surface area contributed by atoms with Crippen molar-refractivity contribution in [2.24, 2.45) is 0 Å². The van der Waals surface area contributed by atoms with Gasteiger partial charge in [0.2, 0.25) is 0 Å². The van der Waals surface area contributed by atoms with E-state index in [2.05, 4.69) is 10.1 Å². The van der Waals surface area contributed by atoms with Crippen LogP contribution in [0.15, 0.2) is 22.7 Å². The molecule has 0 saturated heterocycles. The zero-order valence-electron chi connectivity index (χ0n) is 9.25. The average Bonchev–Trinajstić information content (AvgIpc) is 2.75. The fourth-order valence-electron chi connectivity index (χ4n) is 1.32. The Bertz CT molecular complexity index is 510. The molecular weight excluding hydrogens is 224 g/mol. The van der Waals surface area contributed by atoms with Crippen molar-refractivity contribution >= 4 is 0 Å². The van der Waals surface area contributed by atoms with Crippen molar-refractivity contribution in [3.63, 3.8) is 0 Å². The van der Waals surface area contributed by atoms with Gasteiger partial charge in [0.1, 0.15) is 18.1 Å². The topological polar surface area (TPSA) is 88.6 Å². The Kier molecular flexibility index (Phi) is 3.24. The van der Waals surface area contributed by atoms with Crippen LogP contribution in [0.1, 0.15) is 12.7 Å². The fourth-order valence-corrected chi connectivity index (χ4v) is 1.32. The van der Waals surface area contributed by atoms with Crippen LogP contribution in [0.3, 0.4) is 0 Å². The van der Waals surface area contributed by atoms with Crippen molar-refractivity contribution in [3.05, 3.63) is 24.0 Å². The van der Waals surface area contributed by atoms with Crippen molar-refractivity contribution in [2.45, 2.75) is 13.5 Å². The van der Waals surface area contributed by atoms with Crippen molar-refractivity contribution < 1.29 is 19.5 Å². The van der Waals surface area contributed by atoms with Gasteiger partial charge in [0.15, 0.2) is 5.82 Å². The molecule has 6 nitrogen and oxygen atoms in total. The maximum Gasteiger partial charge on any atom is 0.261 e. The number of nitrogens with zero attached hydrogens (tertiary/aromatic N) is 2. The van der Waals surface area contributed by atoms with Crippen LogP contribution in [0, 0.1) is 0 Å². The van der Waals surface area contributed by atoms with E-state index in [0.29, 0.717) is 18.0 Å². The SMILES string of the molecule is CCOCc1noc(-c2ccc(O)cc2O)n1. The standard InChI is InChI=1S/C11H12N2O4/c1-2-16-6-10-12-11(17-13-10)8-4-3-7(14)5-9(8)15/h3-5,14-15H,2,6H2,1H3. The number of hydrogen-bond donors (Lipinski definition) is 2. The first-order valence-electron chi connectivity index (χ1n) is 5.13. The van der Waals surface area contributed by atoms with E-state index >= 15 is 0 Å². The lowest BCUT2D eigenvalue weighted by molar-refractivity contribution is 0.126. The van der Waals surface area contributed by atoms with Gasteiger partial charge < -0.3 is 19.5 Å². The summed E-state index contributed by atoms with van der Waals surface area (Å²) < 4.78 is 10.1. The van der Waals surface area contributed by atoms with Crippen LogP contribution in [-0.2, 0) is 11.3 Å². The number of aromatic hydroxyl groups is 2. The zero-order chi connectivity index (χ0) is 12.3. The Hall–Kier alpha value is -2.08. The van der Waals surface area contributed by atoms with E-state index in [1.54, 1.807) is 0 Å². The highest BCUT2D eigenvalue weighted by atomic mass is 16.5. The highest BCUT2D eigenvalue weighted by Gasteiger charge is 2.13. The van der Waals surface area contributed by atoms with Crippen LogP contribution in [0.25, 0.3) is 11.5 Å². The summed E-state index contributed by atoms with van der Waals surface area (Å²) in [6.07, 6.45) is 0. The largest absolute Gasteiger partial charge is 0.508 e. The van der Waals surface area contributed by atoms with Crippen LogP contribution in [-0.4, -0.2) is 27.0 Å². The smallest absolute Gasteiger partial charge is 0.261 e. The molecule has 90 valence electrons. The van der Waals surface area contributed by atoms with E-state index in [4.69, 9.17) is 14.4 Å². The van der Waals surface area contributed by atoms with E-state index in [1.165, 1.54) is 18.2 Å². The molecule has 1 aromatic carbocycles. The molecule has 0 unspecified atom stereocenters. The van der Waals surface area contributed by atoms with E-state index < -0.39 is 0 Å². The Morgan fingerprint density at radius 3 is 2.88 bits per heavy atom. The Balaban J connectivity index is 2.24. The molecule has 0 saturated carbocycles. The lowest BCUT2D eigenvalue weighted by atomic mass is 10.2. The number of hydrogen-bond acceptors (Lipinski definition) is 6. The predicted octanol–water partition coefficient (Wildman–Crippen LogP) is 1.68. The number of phenols is 2. The second-order valence-corrected chi connectivity index (χ2v) is 3.35. The highest BCUT2D eigenvalue weighted by Crippen LogP contribution is 2.30. The van der Waals surface area contributed by atoms with Gasteiger partial charge in [0.05, 0.1) is 5.56 Å². The van der Waals surface area contributed by atoms with E-state index in [-0.39, 0.29) is 24.0 Å². The first kappa shape index (κ1) is 11.4. The molecule has 0 fully saturated rings.